The molecule has 3 fully saturated rings. The van der Waals surface area contributed by atoms with Crippen LogP contribution in [-0.2, 0) is 4.79 Å². The molecule has 3 nitrogen and oxygen atoms in total. The zero-order valence-electron chi connectivity index (χ0n) is 13.3. The number of carbonyl (C=O) groups is 1. The van der Waals surface area contributed by atoms with Gasteiger partial charge in [-0.2, -0.15) is 0 Å². The number of piperidine rings is 1. The molecule has 0 bridgehead atoms. The molecule has 3 atom stereocenters. The molecule has 0 spiro atoms. The fourth-order valence-corrected chi connectivity index (χ4v) is 4.90. The third-order valence-corrected chi connectivity index (χ3v) is 6.14. The Balaban J connectivity index is 1.56. The van der Waals surface area contributed by atoms with E-state index < -0.39 is 0 Å². The molecule has 3 aliphatic rings. The maximum atomic E-state index is 12.7. The van der Waals surface area contributed by atoms with Crippen molar-refractivity contribution >= 4 is 5.91 Å². The number of likely N-dealkylation sites (tertiary alicyclic amines) is 1. The Morgan fingerprint density at radius 1 is 0.952 bits per heavy atom. The van der Waals surface area contributed by atoms with Gasteiger partial charge in [0.1, 0.15) is 0 Å². The molecule has 0 aromatic heterocycles. The molecule has 0 aromatic rings. The first-order valence-corrected chi connectivity index (χ1v) is 9.23. The zero-order valence-corrected chi connectivity index (χ0v) is 13.3. The van der Waals surface area contributed by atoms with Crippen molar-refractivity contribution in [3.05, 3.63) is 0 Å². The monoisotopic (exact) mass is 293 g/mol. The fourth-order valence-electron chi connectivity index (χ4n) is 4.90. The Bertz CT molecular complexity index is 351. The normalized spacial score (nSPS) is 34.5. The lowest BCUT2D eigenvalue weighted by Crippen LogP contribution is -2.49. The van der Waals surface area contributed by atoms with Gasteiger partial charge in [-0.05, 0) is 44.4 Å². The maximum Gasteiger partial charge on any atom is 0.222 e. The van der Waals surface area contributed by atoms with E-state index in [-0.39, 0.29) is 6.10 Å². The Labute approximate surface area is 129 Å². The SMILES string of the molecule is O=C(CCC1CCCC1)N1CCCCC1C1CCCC1O. The molecular formula is C18H31NO2. The van der Waals surface area contributed by atoms with E-state index in [4.69, 9.17) is 0 Å². The topological polar surface area (TPSA) is 40.5 Å². The van der Waals surface area contributed by atoms with Gasteiger partial charge in [-0.15, -0.1) is 0 Å². The molecule has 1 amide bonds. The van der Waals surface area contributed by atoms with Crippen LogP contribution in [0.15, 0.2) is 0 Å². The fraction of sp³-hybridized carbons (Fsp3) is 0.944. The van der Waals surface area contributed by atoms with E-state index in [0.717, 1.165) is 57.4 Å². The molecule has 3 heteroatoms. The summed E-state index contributed by atoms with van der Waals surface area (Å²) in [6.07, 6.45) is 13.7. The first-order valence-electron chi connectivity index (χ1n) is 9.23. The molecule has 1 heterocycles. The summed E-state index contributed by atoms with van der Waals surface area (Å²) >= 11 is 0. The summed E-state index contributed by atoms with van der Waals surface area (Å²) in [4.78, 5) is 14.8. The van der Waals surface area contributed by atoms with Gasteiger partial charge in [0, 0.05) is 24.9 Å². The lowest BCUT2D eigenvalue weighted by molar-refractivity contribution is -0.137. The summed E-state index contributed by atoms with van der Waals surface area (Å²) in [5, 5.41) is 10.2. The van der Waals surface area contributed by atoms with Crippen LogP contribution in [0.2, 0.25) is 0 Å². The largest absolute Gasteiger partial charge is 0.393 e. The minimum atomic E-state index is -0.168. The van der Waals surface area contributed by atoms with E-state index in [1.54, 1.807) is 0 Å². The van der Waals surface area contributed by atoms with Crippen LogP contribution in [0.5, 0.6) is 0 Å². The molecule has 2 aliphatic carbocycles. The molecule has 1 saturated heterocycles. The molecule has 21 heavy (non-hydrogen) atoms. The van der Waals surface area contributed by atoms with Gasteiger partial charge >= 0.3 is 0 Å². The van der Waals surface area contributed by atoms with Crippen LogP contribution in [-0.4, -0.2) is 34.6 Å². The first-order chi connectivity index (χ1) is 10.3. The lowest BCUT2D eigenvalue weighted by atomic mass is 9.87. The number of carbonyl (C=O) groups excluding carboxylic acids is 1. The average Bonchev–Trinajstić information content (AvgIpc) is 3.16. The van der Waals surface area contributed by atoms with Crippen LogP contribution in [0.1, 0.15) is 77.0 Å². The number of aliphatic hydroxyl groups excluding tert-OH is 1. The summed E-state index contributed by atoms with van der Waals surface area (Å²) in [5.41, 5.74) is 0. The summed E-state index contributed by atoms with van der Waals surface area (Å²) in [6.45, 7) is 0.928. The molecule has 1 aliphatic heterocycles. The second kappa shape index (κ2) is 7.13. The molecular weight excluding hydrogens is 262 g/mol. The number of amides is 1. The Morgan fingerprint density at radius 2 is 1.71 bits per heavy atom. The van der Waals surface area contributed by atoms with Gasteiger partial charge in [0.2, 0.25) is 5.91 Å². The van der Waals surface area contributed by atoms with Gasteiger partial charge in [0.05, 0.1) is 6.10 Å². The average molecular weight is 293 g/mol. The molecule has 3 rings (SSSR count). The number of hydrogen-bond acceptors (Lipinski definition) is 2. The number of rotatable bonds is 4. The standard InChI is InChI=1S/C18H31NO2/c20-17-10-5-8-15(17)16-9-3-4-13-19(16)18(21)12-11-14-6-1-2-7-14/h14-17,20H,1-13H2. The van der Waals surface area contributed by atoms with E-state index in [1.807, 2.05) is 0 Å². The zero-order chi connectivity index (χ0) is 14.7. The van der Waals surface area contributed by atoms with Crippen LogP contribution in [0, 0.1) is 11.8 Å². The van der Waals surface area contributed by atoms with Gasteiger partial charge in [-0.3, -0.25) is 4.79 Å². The van der Waals surface area contributed by atoms with E-state index >= 15 is 0 Å². The molecule has 3 unspecified atom stereocenters. The highest BCUT2D eigenvalue weighted by Gasteiger charge is 2.38. The number of aliphatic hydroxyl groups is 1. The number of hydrogen-bond donors (Lipinski definition) is 1. The predicted molar refractivity (Wildman–Crippen MR) is 83.9 cm³/mol. The van der Waals surface area contributed by atoms with Crippen LogP contribution < -0.4 is 0 Å². The Kier molecular flexibility index (Phi) is 5.20. The smallest absolute Gasteiger partial charge is 0.222 e. The maximum absolute atomic E-state index is 12.7. The first kappa shape index (κ1) is 15.3. The Morgan fingerprint density at radius 3 is 2.43 bits per heavy atom. The summed E-state index contributed by atoms with van der Waals surface area (Å²) < 4.78 is 0. The van der Waals surface area contributed by atoms with Gasteiger partial charge in [0.25, 0.3) is 0 Å². The van der Waals surface area contributed by atoms with Crippen molar-refractivity contribution in [2.45, 2.75) is 89.2 Å². The van der Waals surface area contributed by atoms with Crippen molar-refractivity contribution in [3.63, 3.8) is 0 Å². The summed E-state index contributed by atoms with van der Waals surface area (Å²) in [5.74, 6) is 1.51. The lowest BCUT2D eigenvalue weighted by Gasteiger charge is -2.40. The van der Waals surface area contributed by atoms with Crippen molar-refractivity contribution in [2.24, 2.45) is 11.8 Å². The minimum absolute atomic E-state index is 0.168. The van der Waals surface area contributed by atoms with Crippen molar-refractivity contribution in [1.29, 1.82) is 0 Å². The highest BCUT2D eigenvalue weighted by molar-refractivity contribution is 5.76. The van der Waals surface area contributed by atoms with Crippen molar-refractivity contribution in [3.8, 4) is 0 Å². The van der Waals surface area contributed by atoms with Crippen LogP contribution in [0.4, 0.5) is 0 Å². The molecule has 0 radical (unpaired) electrons. The number of nitrogens with zero attached hydrogens (tertiary/aromatic N) is 1. The van der Waals surface area contributed by atoms with Gasteiger partial charge in [0.15, 0.2) is 0 Å². The summed E-state index contributed by atoms with van der Waals surface area (Å²) in [7, 11) is 0. The van der Waals surface area contributed by atoms with Gasteiger partial charge in [-0.1, -0.05) is 32.1 Å². The van der Waals surface area contributed by atoms with E-state index in [0.29, 0.717) is 17.9 Å². The third-order valence-electron chi connectivity index (χ3n) is 6.14. The van der Waals surface area contributed by atoms with Crippen molar-refractivity contribution in [1.82, 2.24) is 4.90 Å². The van der Waals surface area contributed by atoms with E-state index in [2.05, 4.69) is 4.90 Å². The molecule has 120 valence electrons. The van der Waals surface area contributed by atoms with E-state index in [9.17, 15) is 9.90 Å². The Hall–Kier alpha value is -0.570. The molecule has 0 aromatic carbocycles. The quantitative estimate of drug-likeness (QED) is 0.862. The van der Waals surface area contributed by atoms with Crippen LogP contribution >= 0.6 is 0 Å². The summed E-state index contributed by atoms with van der Waals surface area (Å²) in [6, 6.07) is 0.326. The highest BCUT2D eigenvalue weighted by Crippen LogP contribution is 2.36. The predicted octanol–water partition coefficient (Wildman–Crippen LogP) is 3.50. The van der Waals surface area contributed by atoms with Crippen LogP contribution in [0.25, 0.3) is 0 Å². The third kappa shape index (κ3) is 3.61. The highest BCUT2D eigenvalue weighted by atomic mass is 16.3. The van der Waals surface area contributed by atoms with Crippen molar-refractivity contribution in [2.75, 3.05) is 6.54 Å². The second-order valence-corrected chi connectivity index (χ2v) is 7.50. The minimum Gasteiger partial charge on any atom is -0.393 e. The van der Waals surface area contributed by atoms with Crippen molar-refractivity contribution < 1.29 is 9.90 Å². The molecule has 1 N–H and O–H groups in total. The van der Waals surface area contributed by atoms with Gasteiger partial charge in [-0.25, -0.2) is 0 Å². The second-order valence-electron chi connectivity index (χ2n) is 7.50. The van der Waals surface area contributed by atoms with Crippen LogP contribution in [0.3, 0.4) is 0 Å². The molecule has 2 saturated carbocycles. The van der Waals surface area contributed by atoms with Gasteiger partial charge < -0.3 is 10.0 Å². The van der Waals surface area contributed by atoms with E-state index in [1.165, 1.54) is 32.1 Å².